The summed E-state index contributed by atoms with van der Waals surface area (Å²) in [5.74, 6) is -0.00274. The van der Waals surface area contributed by atoms with Crippen molar-refractivity contribution >= 4 is 43.0 Å². The van der Waals surface area contributed by atoms with Crippen molar-refractivity contribution in [2.45, 2.75) is 16.7 Å². The van der Waals surface area contributed by atoms with Crippen LogP contribution in [0.5, 0.6) is 5.75 Å². The van der Waals surface area contributed by atoms with Crippen LogP contribution in [0.3, 0.4) is 0 Å². The van der Waals surface area contributed by atoms with E-state index in [0.29, 0.717) is 22.8 Å². The molecule has 4 rings (SSSR count). The molecule has 11 heteroatoms. The van der Waals surface area contributed by atoms with E-state index in [1.807, 2.05) is 6.92 Å². The number of hydrogen-bond acceptors (Lipinski definition) is 6. The van der Waals surface area contributed by atoms with Gasteiger partial charge in [-0.1, -0.05) is 35.9 Å². The van der Waals surface area contributed by atoms with Gasteiger partial charge in [-0.15, -0.1) is 0 Å². The predicted octanol–water partition coefficient (Wildman–Crippen LogP) is 4.64. The molecular formula is C28H27N3O6S2. The summed E-state index contributed by atoms with van der Waals surface area (Å²) in [4.78, 5) is 13.0. The van der Waals surface area contributed by atoms with Crippen LogP contribution in [0.1, 0.15) is 5.56 Å². The van der Waals surface area contributed by atoms with Gasteiger partial charge in [0.1, 0.15) is 12.3 Å². The zero-order chi connectivity index (χ0) is 28.0. The van der Waals surface area contributed by atoms with Crippen LogP contribution in [-0.2, 0) is 24.8 Å². The minimum atomic E-state index is -4.04. The third-order valence-corrected chi connectivity index (χ3v) is 8.92. The SMILES string of the molecule is COc1ccc(NS(=O)(=O)c2ccc(NC(=O)CN(c3ccccc3)S(=O)(=O)c3ccc(C)cc3)cc2)cc1. The highest BCUT2D eigenvalue weighted by atomic mass is 32.2. The Balaban J connectivity index is 1.49. The number of rotatable bonds is 10. The van der Waals surface area contributed by atoms with E-state index >= 15 is 0 Å². The number of anilines is 3. The second kappa shape index (κ2) is 11.6. The molecule has 0 saturated carbocycles. The van der Waals surface area contributed by atoms with Gasteiger partial charge in [0.2, 0.25) is 5.91 Å². The first-order valence-electron chi connectivity index (χ1n) is 11.8. The number of amides is 1. The summed E-state index contributed by atoms with van der Waals surface area (Å²) in [5, 5.41) is 2.64. The Kier molecular flexibility index (Phi) is 8.22. The van der Waals surface area contributed by atoms with Gasteiger partial charge in [-0.25, -0.2) is 16.8 Å². The highest BCUT2D eigenvalue weighted by Crippen LogP contribution is 2.25. The molecule has 4 aromatic rings. The van der Waals surface area contributed by atoms with E-state index in [1.54, 1.807) is 66.7 Å². The minimum absolute atomic E-state index is 0.0100. The first-order chi connectivity index (χ1) is 18.6. The Morgan fingerprint density at radius 1 is 0.744 bits per heavy atom. The number of ether oxygens (including phenoxy) is 1. The molecule has 0 spiro atoms. The normalized spacial score (nSPS) is 11.4. The van der Waals surface area contributed by atoms with Gasteiger partial charge in [0, 0.05) is 11.4 Å². The van der Waals surface area contributed by atoms with Crippen LogP contribution >= 0.6 is 0 Å². The smallest absolute Gasteiger partial charge is 0.264 e. The lowest BCUT2D eigenvalue weighted by Crippen LogP contribution is -2.38. The number of para-hydroxylation sites is 1. The van der Waals surface area contributed by atoms with E-state index in [9.17, 15) is 21.6 Å². The minimum Gasteiger partial charge on any atom is -0.497 e. The van der Waals surface area contributed by atoms with E-state index in [4.69, 9.17) is 4.74 Å². The van der Waals surface area contributed by atoms with Gasteiger partial charge >= 0.3 is 0 Å². The number of carbonyl (C=O) groups is 1. The van der Waals surface area contributed by atoms with E-state index in [2.05, 4.69) is 10.0 Å². The Morgan fingerprint density at radius 2 is 1.31 bits per heavy atom. The molecule has 0 fully saturated rings. The average molecular weight is 566 g/mol. The fourth-order valence-corrected chi connectivity index (χ4v) is 6.15. The van der Waals surface area contributed by atoms with Crippen molar-refractivity contribution in [1.29, 1.82) is 0 Å². The highest BCUT2D eigenvalue weighted by molar-refractivity contribution is 7.93. The molecular weight excluding hydrogens is 538 g/mol. The molecule has 39 heavy (non-hydrogen) atoms. The maximum absolute atomic E-state index is 13.4. The highest BCUT2D eigenvalue weighted by Gasteiger charge is 2.27. The van der Waals surface area contributed by atoms with Gasteiger partial charge in [0.05, 0.1) is 22.6 Å². The molecule has 2 N–H and O–H groups in total. The van der Waals surface area contributed by atoms with Crippen LogP contribution in [0.15, 0.2) is 113 Å². The van der Waals surface area contributed by atoms with Crippen LogP contribution in [0, 0.1) is 6.92 Å². The van der Waals surface area contributed by atoms with Crippen molar-refractivity contribution in [3.8, 4) is 5.75 Å². The van der Waals surface area contributed by atoms with Crippen molar-refractivity contribution in [3.63, 3.8) is 0 Å². The Hall–Kier alpha value is -4.35. The number of sulfonamides is 2. The lowest BCUT2D eigenvalue weighted by molar-refractivity contribution is -0.114. The van der Waals surface area contributed by atoms with E-state index < -0.39 is 32.5 Å². The van der Waals surface area contributed by atoms with E-state index in [0.717, 1.165) is 9.87 Å². The molecule has 0 saturated heterocycles. The number of hydrogen-bond donors (Lipinski definition) is 2. The number of carbonyl (C=O) groups excluding carboxylic acids is 1. The summed E-state index contributed by atoms with van der Waals surface area (Å²) < 4.78 is 61.0. The molecule has 9 nitrogen and oxygen atoms in total. The first kappa shape index (κ1) is 27.7. The van der Waals surface area contributed by atoms with Gasteiger partial charge in [-0.05, 0) is 79.7 Å². The molecule has 0 atom stereocenters. The maximum Gasteiger partial charge on any atom is 0.264 e. The predicted molar refractivity (Wildman–Crippen MR) is 151 cm³/mol. The van der Waals surface area contributed by atoms with Crippen LogP contribution in [0.25, 0.3) is 0 Å². The summed E-state index contributed by atoms with van der Waals surface area (Å²) in [5.41, 5.74) is 1.91. The average Bonchev–Trinajstić information content (AvgIpc) is 2.93. The maximum atomic E-state index is 13.4. The molecule has 0 heterocycles. The summed E-state index contributed by atoms with van der Waals surface area (Å²) >= 11 is 0. The number of methoxy groups -OCH3 is 1. The second-order valence-electron chi connectivity index (χ2n) is 8.57. The fourth-order valence-electron chi connectivity index (χ4n) is 3.67. The van der Waals surface area contributed by atoms with Gasteiger partial charge in [-0.3, -0.25) is 13.8 Å². The van der Waals surface area contributed by atoms with Crippen LogP contribution < -0.4 is 19.1 Å². The first-order valence-corrected chi connectivity index (χ1v) is 14.7. The zero-order valence-corrected chi connectivity index (χ0v) is 22.9. The number of aryl methyl sites for hydroxylation is 1. The molecule has 0 aliphatic rings. The summed E-state index contributed by atoms with van der Waals surface area (Å²) in [6.07, 6.45) is 0. The van der Waals surface area contributed by atoms with Crippen molar-refractivity contribution < 1.29 is 26.4 Å². The topological polar surface area (TPSA) is 122 Å². The van der Waals surface area contributed by atoms with Crippen LogP contribution in [0.2, 0.25) is 0 Å². The quantitative estimate of drug-likeness (QED) is 0.289. The lowest BCUT2D eigenvalue weighted by atomic mass is 10.2. The van der Waals surface area contributed by atoms with E-state index in [-0.39, 0.29) is 9.79 Å². The third-order valence-electron chi connectivity index (χ3n) is 5.73. The van der Waals surface area contributed by atoms with Gasteiger partial charge in [0.25, 0.3) is 20.0 Å². The van der Waals surface area contributed by atoms with Gasteiger partial charge in [-0.2, -0.15) is 0 Å². The van der Waals surface area contributed by atoms with Gasteiger partial charge in [0.15, 0.2) is 0 Å². The molecule has 0 aromatic heterocycles. The summed E-state index contributed by atoms with van der Waals surface area (Å²) in [6.45, 7) is 1.36. The molecule has 1 amide bonds. The monoisotopic (exact) mass is 565 g/mol. The van der Waals surface area contributed by atoms with Crippen LogP contribution in [0.4, 0.5) is 17.1 Å². The summed E-state index contributed by atoms with van der Waals surface area (Å²) in [6, 6.07) is 26.7. The molecule has 0 bridgehead atoms. The number of benzene rings is 4. The largest absolute Gasteiger partial charge is 0.497 e. The number of nitrogens with zero attached hydrogens (tertiary/aromatic N) is 1. The molecule has 0 unspecified atom stereocenters. The fraction of sp³-hybridized carbons (Fsp3) is 0.107. The molecule has 0 radical (unpaired) electrons. The van der Waals surface area contributed by atoms with Gasteiger partial charge < -0.3 is 10.1 Å². The molecule has 202 valence electrons. The molecule has 0 aliphatic carbocycles. The van der Waals surface area contributed by atoms with E-state index in [1.165, 1.54) is 43.5 Å². The Labute approximate surface area is 228 Å². The number of nitrogens with one attached hydrogen (secondary N) is 2. The lowest BCUT2D eigenvalue weighted by Gasteiger charge is -2.24. The Morgan fingerprint density at radius 3 is 1.90 bits per heavy atom. The van der Waals surface area contributed by atoms with Crippen molar-refractivity contribution in [1.82, 2.24) is 0 Å². The van der Waals surface area contributed by atoms with Crippen molar-refractivity contribution in [2.75, 3.05) is 28.0 Å². The molecule has 0 aliphatic heterocycles. The second-order valence-corrected chi connectivity index (χ2v) is 12.1. The standard InChI is InChI=1S/C28H27N3O6S2/c1-21-8-16-27(17-9-21)39(35,36)31(24-6-4-3-5-7-24)20-28(32)29-22-12-18-26(19-13-22)38(33,34)30-23-10-14-25(37-2)15-11-23/h3-19,30H,20H2,1-2H3,(H,29,32). The zero-order valence-electron chi connectivity index (χ0n) is 21.2. The Bertz CT molecular complexity index is 1640. The summed E-state index contributed by atoms with van der Waals surface area (Å²) in [7, 11) is -6.40. The third kappa shape index (κ3) is 6.75. The van der Waals surface area contributed by atoms with Crippen LogP contribution in [-0.4, -0.2) is 36.4 Å². The van der Waals surface area contributed by atoms with Crippen molar-refractivity contribution in [3.05, 3.63) is 109 Å². The van der Waals surface area contributed by atoms with Crippen molar-refractivity contribution in [2.24, 2.45) is 0 Å². The molecule has 4 aromatic carbocycles.